The van der Waals surface area contributed by atoms with Crippen LogP contribution in [-0.4, -0.2) is 12.8 Å². The van der Waals surface area contributed by atoms with Crippen LogP contribution in [0.15, 0.2) is 0 Å². The molecule has 0 aromatic carbocycles. The Labute approximate surface area is 102 Å². The van der Waals surface area contributed by atoms with E-state index in [1.165, 1.54) is 44.9 Å². The van der Waals surface area contributed by atoms with Crippen LogP contribution in [0.25, 0.3) is 0 Å². The molecule has 3 heteroatoms. The Morgan fingerprint density at radius 1 is 0.812 bits per heavy atom. The minimum atomic E-state index is -1.71. The number of rotatable bonds is 12. The molecule has 0 spiro atoms. The summed E-state index contributed by atoms with van der Waals surface area (Å²) in [5.41, 5.74) is 0. The van der Waals surface area contributed by atoms with Crippen molar-refractivity contribution < 1.29 is 9.09 Å². The first kappa shape index (κ1) is 16.2. The summed E-state index contributed by atoms with van der Waals surface area (Å²) in [7, 11) is -1.71. The highest BCUT2D eigenvalue weighted by Gasteiger charge is 1.99. The van der Waals surface area contributed by atoms with Gasteiger partial charge in [0.2, 0.25) is 0 Å². The number of hydrogen-bond donors (Lipinski definition) is 0. The van der Waals surface area contributed by atoms with Crippen molar-refractivity contribution in [2.75, 3.05) is 12.8 Å². The quantitative estimate of drug-likeness (QED) is 0.358. The molecule has 2 nitrogen and oxygen atoms in total. The number of unbranched alkanes of at least 4 members (excludes halogenated alkanes) is 7. The summed E-state index contributed by atoms with van der Waals surface area (Å²) in [6.45, 7) is 5.09. The molecule has 0 saturated heterocycles. The Bertz CT molecular complexity index is 160. The minimum absolute atomic E-state index is 0.704. The van der Waals surface area contributed by atoms with E-state index in [9.17, 15) is 4.57 Å². The summed E-state index contributed by atoms with van der Waals surface area (Å²) < 4.78 is 16.8. The first-order chi connectivity index (χ1) is 7.81. The standard InChI is InChI=1S/C13H29O2P/c1-3-5-7-8-9-10-12-15-16(14)13-11-6-4-2/h16H,3-13H2,1-2H3. The third-order valence-electron chi connectivity index (χ3n) is 2.75. The van der Waals surface area contributed by atoms with Gasteiger partial charge in [-0.15, -0.1) is 0 Å². The Morgan fingerprint density at radius 3 is 2.06 bits per heavy atom. The molecule has 0 heterocycles. The highest BCUT2D eigenvalue weighted by atomic mass is 31.1. The van der Waals surface area contributed by atoms with E-state index < -0.39 is 8.03 Å². The van der Waals surface area contributed by atoms with E-state index in [1.54, 1.807) is 0 Å². The summed E-state index contributed by atoms with van der Waals surface area (Å²) in [6, 6.07) is 0. The fourth-order valence-electron chi connectivity index (χ4n) is 1.66. The number of hydrogen-bond acceptors (Lipinski definition) is 2. The van der Waals surface area contributed by atoms with Gasteiger partial charge in [-0.3, -0.25) is 4.57 Å². The summed E-state index contributed by atoms with van der Waals surface area (Å²) in [5.74, 6) is 0. The molecule has 1 atom stereocenters. The van der Waals surface area contributed by atoms with Gasteiger partial charge in [-0.05, 0) is 12.8 Å². The van der Waals surface area contributed by atoms with Crippen LogP contribution in [0.1, 0.15) is 71.6 Å². The highest BCUT2D eigenvalue weighted by Crippen LogP contribution is 2.24. The predicted molar refractivity (Wildman–Crippen MR) is 72.7 cm³/mol. The highest BCUT2D eigenvalue weighted by molar-refractivity contribution is 7.39. The van der Waals surface area contributed by atoms with E-state index in [-0.39, 0.29) is 0 Å². The molecule has 0 fully saturated rings. The summed E-state index contributed by atoms with van der Waals surface area (Å²) in [4.78, 5) is 0. The molecule has 0 saturated carbocycles. The second-order valence-corrected chi connectivity index (χ2v) is 5.98. The first-order valence-electron chi connectivity index (χ1n) is 6.96. The molecule has 0 amide bonds. The maximum absolute atomic E-state index is 11.4. The van der Waals surface area contributed by atoms with Crippen LogP contribution in [-0.2, 0) is 9.09 Å². The maximum atomic E-state index is 11.4. The second kappa shape index (κ2) is 13.3. The molecule has 0 aliphatic carbocycles. The third-order valence-corrected chi connectivity index (χ3v) is 4.03. The van der Waals surface area contributed by atoms with Gasteiger partial charge in [0.1, 0.15) is 0 Å². The zero-order chi connectivity index (χ0) is 12.1. The average Bonchev–Trinajstić information content (AvgIpc) is 2.28. The lowest BCUT2D eigenvalue weighted by Crippen LogP contribution is -1.90. The van der Waals surface area contributed by atoms with Crippen molar-refractivity contribution in [3.63, 3.8) is 0 Å². The van der Waals surface area contributed by atoms with Gasteiger partial charge in [-0.1, -0.05) is 58.8 Å². The van der Waals surface area contributed by atoms with Crippen molar-refractivity contribution in [3.8, 4) is 0 Å². The van der Waals surface area contributed by atoms with Crippen LogP contribution in [0.5, 0.6) is 0 Å². The van der Waals surface area contributed by atoms with Crippen LogP contribution >= 0.6 is 8.03 Å². The molecule has 16 heavy (non-hydrogen) atoms. The van der Waals surface area contributed by atoms with Crippen LogP contribution in [0.2, 0.25) is 0 Å². The van der Waals surface area contributed by atoms with Crippen LogP contribution in [0, 0.1) is 0 Å². The van der Waals surface area contributed by atoms with Gasteiger partial charge in [0.25, 0.3) is 0 Å². The molecule has 0 bridgehead atoms. The smallest absolute Gasteiger partial charge is 0.191 e. The Hall–Kier alpha value is 0.190. The van der Waals surface area contributed by atoms with Gasteiger partial charge in [-0.2, -0.15) is 0 Å². The molecule has 0 rings (SSSR count). The molecular weight excluding hydrogens is 219 g/mol. The summed E-state index contributed by atoms with van der Waals surface area (Å²) >= 11 is 0. The van der Waals surface area contributed by atoms with Crippen molar-refractivity contribution in [1.29, 1.82) is 0 Å². The van der Waals surface area contributed by atoms with Gasteiger partial charge < -0.3 is 4.52 Å². The largest absolute Gasteiger partial charge is 0.330 e. The normalized spacial score (nSPS) is 12.9. The average molecular weight is 248 g/mol. The van der Waals surface area contributed by atoms with Gasteiger partial charge >= 0.3 is 0 Å². The van der Waals surface area contributed by atoms with Crippen LogP contribution < -0.4 is 0 Å². The van der Waals surface area contributed by atoms with E-state index in [2.05, 4.69) is 13.8 Å². The molecule has 0 aliphatic rings. The molecule has 1 unspecified atom stereocenters. The van der Waals surface area contributed by atoms with Gasteiger partial charge in [0, 0.05) is 6.16 Å². The van der Waals surface area contributed by atoms with E-state index >= 15 is 0 Å². The fourth-order valence-corrected chi connectivity index (χ4v) is 2.71. The first-order valence-corrected chi connectivity index (χ1v) is 8.49. The zero-order valence-corrected chi connectivity index (χ0v) is 12.1. The maximum Gasteiger partial charge on any atom is 0.191 e. The van der Waals surface area contributed by atoms with E-state index in [4.69, 9.17) is 4.52 Å². The van der Waals surface area contributed by atoms with Gasteiger partial charge in [-0.25, -0.2) is 0 Å². The zero-order valence-electron chi connectivity index (χ0n) is 11.1. The Balaban J connectivity index is 3.09. The molecule has 0 aromatic heterocycles. The third kappa shape index (κ3) is 12.3. The van der Waals surface area contributed by atoms with Crippen LogP contribution in [0.4, 0.5) is 0 Å². The van der Waals surface area contributed by atoms with Crippen LogP contribution in [0.3, 0.4) is 0 Å². The molecule has 0 radical (unpaired) electrons. The molecule has 98 valence electrons. The van der Waals surface area contributed by atoms with Crippen molar-refractivity contribution in [2.45, 2.75) is 71.6 Å². The van der Waals surface area contributed by atoms with Gasteiger partial charge in [0.05, 0.1) is 6.61 Å². The molecule has 0 aliphatic heterocycles. The van der Waals surface area contributed by atoms with Crippen molar-refractivity contribution >= 4 is 8.03 Å². The van der Waals surface area contributed by atoms with E-state index in [0.29, 0.717) is 6.61 Å². The second-order valence-electron chi connectivity index (χ2n) is 4.45. The van der Waals surface area contributed by atoms with Gasteiger partial charge in [0.15, 0.2) is 8.03 Å². The predicted octanol–water partition coefficient (Wildman–Crippen LogP) is 5.03. The summed E-state index contributed by atoms with van der Waals surface area (Å²) in [5, 5.41) is 0. The SMILES string of the molecule is CCCCCCCCO[PH](=O)CCCCC. The lowest BCUT2D eigenvalue weighted by molar-refractivity contribution is 0.315. The minimum Gasteiger partial charge on any atom is -0.330 e. The monoisotopic (exact) mass is 248 g/mol. The molecular formula is C13H29O2P. The lowest BCUT2D eigenvalue weighted by atomic mass is 10.1. The van der Waals surface area contributed by atoms with E-state index in [1.807, 2.05) is 0 Å². The topological polar surface area (TPSA) is 26.3 Å². The molecule has 0 N–H and O–H groups in total. The fraction of sp³-hybridized carbons (Fsp3) is 1.00. The van der Waals surface area contributed by atoms with E-state index in [0.717, 1.165) is 19.0 Å². The molecule has 0 aromatic rings. The van der Waals surface area contributed by atoms with Crippen molar-refractivity contribution in [2.24, 2.45) is 0 Å². The Morgan fingerprint density at radius 2 is 1.38 bits per heavy atom. The summed E-state index contributed by atoms with van der Waals surface area (Å²) in [6.07, 6.45) is 11.8. The Kier molecular flexibility index (Phi) is 13.4. The lowest BCUT2D eigenvalue weighted by Gasteiger charge is -2.04. The van der Waals surface area contributed by atoms with Crippen molar-refractivity contribution in [3.05, 3.63) is 0 Å². The van der Waals surface area contributed by atoms with Crippen molar-refractivity contribution in [1.82, 2.24) is 0 Å².